The van der Waals surface area contributed by atoms with Crippen LogP contribution < -0.4 is 4.90 Å². The van der Waals surface area contributed by atoms with Crippen molar-refractivity contribution >= 4 is 17.4 Å². The van der Waals surface area contributed by atoms with Crippen LogP contribution in [-0.2, 0) is 4.79 Å². The number of hydrogen-bond donors (Lipinski definition) is 0. The van der Waals surface area contributed by atoms with E-state index in [2.05, 4.69) is 33.6 Å². The molecule has 4 heterocycles. The molecule has 1 saturated heterocycles. The fourth-order valence-electron chi connectivity index (χ4n) is 4.02. The quantitative estimate of drug-likeness (QED) is 0.644. The van der Waals surface area contributed by atoms with Crippen LogP contribution >= 0.6 is 0 Å². The van der Waals surface area contributed by atoms with E-state index in [0.29, 0.717) is 12.3 Å². The Balaban J connectivity index is 1.54. The number of amides is 1. The van der Waals surface area contributed by atoms with E-state index < -0.39 is 0 Å². The predicted molar refractivity (Wildman–Crippen MR) is 114 cm³/mol. The first-order valence-electron chi connectivity index (χ1n) is 10.3. The Morgan fingerprint density at radius 1 is 1.24 bits per heavy atom. The molecule has 29 heavy (non-hydrogen) atoms. The first kappa shape index (κ1) is 19.4. The van der Waals surface area contributed by atoms with Gasteiger partial charge in [0.2, 0.25) is 5.91 Å². The van der Waals surface area contributed by atoms with Gasteiger partial charge in [0, 0.05) is 50.6 Å². The normalized spacial score (nSPS) is 16.7. The number of hydrogen-bond acceptors (Lipinski definition) is 5. The maximum Gasteiger partial charge on any atom is 0.223 e. The van der Waals surface area contributed by atoms with E-state index in [9.17, 15) is 4.79 Å². The van der Waals surface area contributed by atoms with Gasteiger partial charge in [-0.05, 0) is 43.0 Å². The maximum absolute atomic E-state index is 12.6. The average Bonchev–Trinajstić information content (AvgIpc) is 3.34. The summed E-state index contributed by atoms with van der Waals surface area (Å²) in [7, 11) is 2.04. The molecule has 0 radical (unpaired) electrons. The van der Waals surface area contributed by atoms with E-state index in [1.165, 1.54) is 0 Å². The summed E-state index contributed by atoms with van der Waals surface area (Å²) in [5.74, 6) is 1.53. The number of pyridine rings is 1. The number of imidazole rings is 1. The van der Waals surface area contributed by atoms with Crippen LogP contribution in [-0.4, -0.2) is 56.6 Å². The Morgan fingerprint density at radius 3 is 2.79 bits per heavy atom. The maximum atomic E-state index is 12.6. The van der Waals surface area contributed by atoms with Crippen molar-refractivity contribution in [1.29, 1.82) is 0 Å². The van der Waals surface area contributed by atoms with Gasteiger partial charge >= 0.3 is 0 Å². The third kappa shape index (κ3) is 4.09. The van der Waals surface area contributed by atoms with Gasteiger partial charge in [0.25, 0.3) is 0 Å². The zero-order valence-electron chi connectivity index (χ0n) is 17.3. The number of nitrogens with zero attached hydrogens (tertiary/aromatic N) is 6. The van der Waals surface area contributed by atoms with Crippen LogP contribution in [0.5, 0.6) is 0 Å². The summed E-state index contributed by atoms with van der Waals surface area (Å²) in [6.45, 7) is 5.84. The van der Waals surface area contributed by atoms with Gasteiger partial charge in [-0.25, -0.2) is 9.50 Å². The second kappa shape index (κ2) is 8.19. The summed E-state index contributed by atoms with van der Waals surface area (Å²) >= 11 is 0. The summed E-state index contributed by atoms with van der Waals surface area (Å²) in [5.41, 5.74) is 2.77. The number of carbonyl (C=O) groups is 1. The minimum absolute atomic E-state index is 0.242. The van der Waals surface area contributed by atoms with Crippen LogP contribution in [0.15, 0.2) is 42.9 Å². The third-order valence-electron chi connectivity index (χ3n) is 5.48. The lowest BCUT2D eigenvalue weighted by Gasteiger charge is -2.29. The molecular weight excluding hydrogens is 364 g/mol. The van der Waals surface area contributed by atoms with Gasteiger partial charge in [-0.3, -0.25) is 9.78 Å². The molecule has 1 fully saturated rings. The van der Waals surface area contributed by atoms with Crippen molar-refractivity contribution in [3.05, 3.63) is 42.9 Å². The van der Waals surface area contributed by atoms with Crippen molar-refractivity contribution in [1.82, 2.24) is 24.5 Å². The van der Waals surface area contributed by atoms with E-state index in [1.54, 1.807) is 12.4 Å². The molecule has 0 bridgehead atoms. The fraction of sp³-hybridized carbons (Fsp3) is 0.455. The van der Waals surface area contributed by atoms with Gasteiger partial charge in [-0.2, -0.15) is 0 Å². The molecule has 1 aliphatic rings. The highest BCUT2D eigenvalue weighted by molar-refractivity contribution is 5.77. The molecular formula is C22H28N6O. The predicted octanol–water partition coefficient (Wildman–Crippen LogP) is 3.26. The molecule has 1 aliphatic heterocycles. The van der Waals surface area contributed by atoms with Crippen molar-refractivity contribution in [2.45, 2.75) is 39.2 Å². The molecule has 7 nitrogen and oxygen atoms in total. The molecule has 0 N–H and O–H groups in total. The van der Waals surface area contributed by atoms with Crippen molar-refractivity contribution in [3.63, 3.8) is 0 Å². The first-order chi connectivity index (χ1) is 14.0. The number of fused-ring (bicyclic) bond motifs is 1. The number of likely N-dealkylation sites (tertiary alicyclic amines) is 1. The molecule has 1 amide bonds. The zero-order chi connectivity index (χ0) is 20.4. The average molecular weight is 393 g/mol. The van der Waals surface area contributed by atoms with E-state index in [0.717, 1.165) is 48.7 Å². The van der Waals surface area contributed by atoms with Gasteiger partial charge in [-0.1, -0.05) is 13.8 Å². The molecule has 152 valence electrons. The number of rotatable bonds is 6. The lowest BCUT2D eigenvalue weighted by molar-refractivity contribution is -0.132. The molecule has 3 aromatic rings. The standard InChI is InChI=1S/C22H28N6O/c1-16(2)13-22(29)27-12-4-5-18(27)15-26(3)21-7-6-20-24-14-19(28(20)25-21)17-8-10-23-11-9-17/h6-11,14,16,18H,4-5,12-13,15H2,1-3H3. The molecule has 7 heteroatoms. The molecule has 0 aromatic carbocycles. The second-order valence-corrected chi connectivity index (χ2v) is 8.20. The van der Waals surface area contributed by atoms with Gasteiger partial charge in [0.05, 0.1) is 11.9 Å². The van der Waals surface area contributed by atoms with Gasteiger partial charge in [0.1, 0.15) is 5.82 Å². The van der Waals surface area contributed by atoms with E-state index >= 15 is 0 Å². The number of likely N-dealkylation sites (N-methyl/N-ethyl adjacent to an activating group) is 1. The summed E-state index contributed by atoms with van der Waals surface area (Å²) < 4.78 is 1.87. The summed E-state index contributed by atoms with van der Waals surface area (Å²) in [5, 5.41) is 4.83. The number of carbonyl (C=O) groups excluding carboxylic acids is 1. The van der Waals surface area contributed by atoms with Crippen molar-refractivity contribution in [2.24, 2.45) is 5.92 Å². The van der Waals surface area contributed by atoms with Crippen LogP contribution in [0, 0.1) is 5.92 Å². The Kier molecular flexibility index (Phi) is 5.47. The molecule has 1 atom stereocenters. The minimum Gasteiger partial charge on any atom is -0.356 e. The lowest BCUT2D eigenvalue weighted by atomic mass is 10.1. The number of aromatic nitrogens is 4. The summed E-state index contributed by atoms with van der Waals surface area (Å²) in [6.07, 6.45) is 8.12. The molecule has 0 spiro atoms. The van der Waals surface area contributed by atoms with Gasteiger partial charge < -0.3 is 9.80 Å². The van der Waals surface area contributed by atoms with Crippen LogP contribution in [0.3, 0.4) is 0 Å². The van der Waals surface area contributed by atoms with Crippen LogP contribution in [0.4, 0.5) is 5.82 Å². The van der Waals surface area contributed by atoms with Gasteiger partial charge in [0.15, 0.2) is 5.65 Å². The van der Waals surface area contributed by atoms with Crippen molar-refractivity contribution < 1.29 is 4.79 Å². The Labute approximate surface area is 171 Å². The van der Waals surface area contributed by atoms with E-state index in [4.69, 9.17) is 5.10 Å². The van der Waals surface area contributed by atoms with Gasteiger partial charge in [-0.15, -0.1) is 5.10 Å². The highest BCUT2D eigenvalue weighted by atomic mass is 16.2. The fourth-order valence-corrected chi connectivity index (χ4v) is 4.02. The smallest absolute Gasteiger partial charge is 0.223 e. The van der Waals surface area contributed by atoms with Crippen molar-refractivity contribution in [3.8, 4) is 11.3 Å². The second-order valence-electron chi connectivity index (χ2n) is 8.20. The minimum atomic E-state index is 0.242. The Bertz CT molecular complexity index is 983. The largest absolute Gasteiger partial charge is 0.356 e. The molecule has 1 unspecified atom stereocenters. The summed E-state index contributed by atoms with van der Waals surface area (Å²) in [6, 6.07) is 8.13. The Hall–Kier alpha value is -2.96. The molecule has 0 saturated carbocycles. The number of anilines is 1. The molecule has 3 aromatic heterocycles. The highest BCUT2D eigenvalue weighted by Gasteiger charge is 2.30. The third-order valence-corrected chi connectivity index (χ3v) is 5.48. The van der Waals surface area contributed by atoms with Crippen molar-refractivity contribution in [2.75, 3.05) is 25.0 Å². The van der Waals surface area contributed by atoms with E-state index in [1.807, 2.05) is 42.0 Å². The SMILES string of the molecule is CC(C)CC(=O)N1CCCC1CN(C)c1ccc2ncc(-c3ccncc3)n2n1. The van der Waals surface area contributed by atoms with Crippen LogP contribution in [0.2, 0.25) is 0 Å². The zero-order valence-corrected chi connectivity index (χ0v) is 17.3. The lowest BCUT2D eigenvalue weighted by Crippen LogP contribution is -2.42. The van der Waals surface area contributed by atoms with Crippen LogP contribution in [0.1, 0.15) is 33.1 Å². The Morgan fingerprint density at radius 2 is 2.03 bits per heavy atom. The van der Waals surface area contributed by atoms with Crippen LogP contribution in [0.25, 0.3) is 16.9 Å². The highest BCUT2D eigenvalue weighted by Crippen LogP contribution is 2.24. The van der Waals surface area contributed by atoms with E-state index in [-0.39, 0.29) is 11.9 Å². The topological polar surface area (TPSA) is 66.6 Å². The summed E-state index contributed by atoms with van der Waals surface area (Å²) in [4.78, 5) is 25.4. The molecule has 4 rings (SSSR count). The first-order valence-corrected chi connectivity index (χ1v) is 10.3. The monoisotopic (exact) mass is 392 g/mol. The molecule has 0 aliphatic carbocycles.